The molecule has 0 aromatic heterocycles. The Hall–Kier alpha value is -0.0700. The highest BCUT2D eigenvalue weighted by molar-refractivity contribution is 8.00. The van der Waals surface area contributed by atoms with Crippen molar-refractivity contribution >= 4 is 27.7 Å². The van der Waals surface area contributed by atoms with Crippen molar-refractivity contribution in [3.63, 3.8) is 0 Å². The van der Waals surface area contributed by atoms with E-state index in [2.05, 4.69) is 4.18 Å². The van der Waals surface area contributed by atoms with Gasteiger partial charge in [-0.2, -0.15) is 20.2 Å². The van der Waals surface area contributed by atoms with Crippen LogP contribution in [0.1, 0.15) is 34.1 Å². The maximum atomic E-state index is 11.5. The van der Waals surface area contributed by atoms with Gasteiger partial charge in [0, 0.05) is 5.25 Å². The van der Waals surface area contributed by atoms with Crippen molar-refractivity contribution < 1.29 is 17.4 Å². The van der Waals surface area contributed by atoms with E-state index in [0.29, 0.717) is 11.7 Å². The summed E-state index contributed by atoms with van der Waals surface area (Å²) in [4.78, 5) is 11.3. The molecule has 0 aliphatic rings. The van der Waals surface area contributed by atoms with Gasteiger partial charge in [0.15, 0.2) is 0 Å². The molecule has 0 saturated heterocycles. The van der Waals surface area contributed by atoms with Crippen LogP contribution in [0.4, 0.5) is 0 Å². The van der Waals surface area contributed by atoms with Gasteiger partial charge >= 0.3 is 0 Å². The number of hydrogen-bond acceptors (Lipinski definition) is 5. The molecule has 0 aliphatic heterocycles. The third-order valence-corrected chi connectivity index (χ3v) is 4.97. The first-order valence-electron chi connectivity index (χ1n) is 5.16. The van der Waals surface area contributed by atoms with Gasteiger partial charge in [-0.25, -0.2) is 0 Å². The van der Waals surface area contributed by atoms with Gasteiger partial charge in [0.2, 0.25) is 0 Å². The molecular weight excluding hydrogens is 248 g/mol. The Morgan fingerprint density at radius 3 is 2.12 bits per heavy atom. The molecule has 6 heteroatoms. The largest absolute Gasteiger partial charge is 0.298 e. The normalized spacial score (nSPS) is 16.1. The first-order chi connectivity index (χ1) is 7.20. The van der Waals surface area contributed by atoms with Crippen molar-refractivity contribution in [1.82, 2.24) is 0 Å². The molecule has 0 N–H and O–H groups in total. The summed E-state index contributed by atoms with van der Waals surface area (Å²) in [5, 5.41) is -0.523. The molecule has 0 heterocycles. The molecule has 4 nitrogen and oxygen atoms in total. The maximum absolute atomic E-state index is 11.5. The molecule has 2 unspecified atom stereocenters. The van der Waals surface area contributed by atoms with E-state index in [1.54, 1.807) is 11.8 Å². The molecule has 0 amide bonds. The van der Waals surface area contributed by atoms with Crippen molar-refractivity contribution in [2.75, 3.05) is 7.11 Å². The van der Waals surface area contributed by atoms with E-state index in [0.717, 1.165) is 7.11 Å². The Morgan fingerprint density at radius 2 is 1.81 bits per heavy atom. The minimum Gasteiger partial charge on any atom is -0.298 e. The summed E-state index contributed by atoms with van der Waals surface area (Å²) < 4.78 is 27.4. The van der Waals surface area contributed by atoms with Crippen molar-refractivity contribution in [3.05, 3.63) is 0 Å². The number of ketones is 1. The van der Waals surface area contributed by atoms with Gasteiger partial charge < -0.3 is 0 Å². The van der Waals surface area contributed by atoms with Gasteiger partial charge in [-0.15, -0.1) is 0 Å². The van der Waals surface area contributed by atoms with Gasteiger partial charge in [-0.1, -0.05) is 20.8 Å². The molecule has 0 fully saturated rings. The van der Waals surface area contributed by atoms with Crippen LogP contribution in [-0.2, 0) is 19.1 Å². The molecule has 0 aromatic carbocycles. The second-order valence-electron chi connectivity index (χ2n) is 3.99. The Balaban J connectivity index is 4.66. The molecule has 0 aromatic rings. The molecular formula is C10H20O4S2. The van der Waals surface area contributed by atoms with Crippen LogP contribution in [0.3, 0.4) is 0 Å². The van der Waals surface area contributed by atoms with Crippen molar-refractivity contribution in [3.8, 4) is 0 Å². The van der Waals surface area contributed by atoms with E-state index < -0.39 is 15.4 Å². The fourth-order valence-electron chi connectivity index (χ4n) is 1.42. The third kappa shape index (κ3) is 5.32. The predicted octanol–water partition coefficient (Wildman–Crippen LogP) is 1.84. The summed E-state index contributed by atoms with van der Waals surface area (Å²) >= 11 is 1.65. The molecule has 0 saturated carbocycles. The number of carbonyl (C=O) groups excluding carboxylic acids is 1. The summed E-state index contributed by atoms with van der Waals surface area (Å²) in [6, 6.07) is 0. The summed E-state index contributed by atoms with van der Waals surface area (Å²) in [7, 11) is -2.66. The van der Waals surface area contributed by atoms with Gasteiger partial charge in [0.05, 0.1) is 7.11 Å². The maximum Gasteiger partial charge on any atom is 0.277 e. The van der Waals surface area contributed by atoms with Crippen LogP contribution < -0.4 is 0 Å². The molecule has 0 rings (SSSR count). The monoisotopic (exact) mass is 268 g/mol. The lowest BCUT2D eigenvalue weighted by Gasteiger charge is -2.19. The third-order valence-electron chi connectivity index (χ3n) is 2.08. The van der Waals surface area contributed by atoms with Crippen molar-refractivity contribution in [2.24, 2.45) is 0 Å². The van der Waals surface area contributed by atoms with Crippen LogP contribution >= 0.6 is 11.8 Å². The van der Waals surface area contributed by atoms with Crippen LogP contribution in [-0.4, -0.2) is 37.1 Å². The highest BCUT2D eigenvalue weighted by Gasteiger charge is 2.31. The second kappa shape index (κ2) is 6.61. The van der Waals surface area contributed by atoms with Crippen LogP contribution in [0.15, 0.2) is 0 Å². The van der Waals surface area contributed by atoms with E-state index >= 15 is 0 Å². The Labute approximate surface area is 102 Å². The summed E-state index contributed by atoms with van der Waals surface area (Å²) in [5.41, 5.74) is 0. The Kier molecular flexibility index (Phi) is 6.58. The molecule has 16 heavy (non-hydrogen) atoms. The lowest BCUT2D eigenvalue weighted by Crippen LogP contribution is -2.32. The molecule has 0 aliphatic carbocycles. The summed E-state index contributed by atoms with van der Waals surface area (Å²) in [5.74, 6) is -0.363. The van der Waals surface area contributed by atoms with Crippen molar-refractivity contribution in [2.45, 2.75) is 49.9 Å². The smallest absolute Gasteiger partial charge is 0.277 e. The number of thioether (sulfide) groups is 1. The van der Waals surface area contributed by atoms with Crippen LogP contribution in [0, 0.1) is 0 Å². The van der Waals surface area contributed by atoms with Crippen molar-refractivity contribution in [1.29, 1.82) is 0 Å². The fraction of sp³-hybridized carbons (Fsp3) is 0.900. The van der Waals surface area contributed by atoms with E-state index in [9.17, 15) is 13.2 Å². The van der Waals surface area contributed by atoms with Crippen LogP contribution in [0.25, 0.3) is 0 Å². The topological polar surface area (TPSA) is 60.4 Å². The SMILES string of the molecule is COS(=O)(=O)C(CC(C)SC(C)C)C(C)=O. The second-order valence-corrected chi connectivity index (χ2v) is 7.90. The van der Waals surface area contributed by atoms with E-state index in [1.165, 1.54) is 6.92 Å². The first kappa shape index (κ1) is 15.9. The van der Waals surface area contributed by atoms with Gasteiger partial charge in [-0.05, 0) is 18.6 Å². The summed E-state index contributed by atoms with van der Waals surface area (Å²) in [6.07, 6.45) is 0.300. The van der Waals surface area contributed by atoms with Gasteiger partial charge in [-0.3, -0.25) is 8.98 Å². The standard InChI is InChI=1S/C10H20O4S2/c1-7(2)15-8(3)6-10(9(4)11)16(12,13)14-5/h7-8,10H,6H2,1-5H3. The summed E-state index contributed by atoms with van der Waals surface area (Å²) in [6.45, 7) is 7.28. The number of carbonyl (C=O) groups is 1. The zero-order chi connectivity index (χ0) is 12.9. The van der Waals surface area contributed by atoms with E-state index in [4.69, 9.17) is 0 Å². The quantitative estimate of drug-likeness (QED) is 0.659. The number of rotatable bonds is 7. The van der Waals surface area contributed by atoms with E-state index in [-0.39, 0.29) is 11.0 Å². The highest BCUT2D eigenvalue weighted by atomic mass is 32.2. The van der Waals surface area contributed by atoms with Crippen LogP contribution in [0.2, 0.25) is 0 Å². The number of Topliss-reactive ketones (excluding diaryl/α,β-unsaturated/α-hetero) is 1. The Morgan fingerprint density at radius 1 is 1.31 bits per heavy atom. The zero-order valence-electron chi connectivity index (χ0n) is 10.4. The molecule has 2 atom stereocenters. The average molecular weight is 268 g/mol. The van der Waals surface area contributed by atoms with Crippen LogP contribution in [0.5, 0.6) is 0 Å². The lowest BCUT2D eigenvalue weighted by molar-refractivity contribution is -0.116. The van der Waals surface area contributed by atoms with Gasteiger partial charge in [0.1, 0.15) is 11.0 Å². The minimum atomic E-state index is -3.75. The molecule has 0 radical (unpaired) electrons. The minimum absolute atomic E-state index is 0.110. The Bertz CT molecular complexity index is 322. The van der Waals surface area contributed by atoms with Gasteiger partial charge in [0.25, 0.3) is 10.1 Å². The predicted molar refractivity (Wildman–Crippen MR) is 67.2 cm³/mol. The number of hydrogen-bond donors (Lipinski definition) is 0. The molecule has 0 bridgehead atoms. The molecule has 0 spiro atoms. The molecule has 96 valence electrons. The highest BCUT2D eigenvalue weighted by Crippen LogP contribution is 2.24. The first-order valence-corrected chi connectivity index (χ1v) is 7.57. The average Bonchev–Trinajstić information content (AvgIpc) is 2.12. The lowest BCUT2D eigenvalue weighted by atomic mass is 10.2. The zero-order valence-corrected chi connectivity index (χ0v) is 12.0. The van der Waals surface area contributed by atoms with E-state index in [1.807, 2.05) is 20.8 Å². The fourth-order valence-corrected chi connectivity index (χ4v) is 3.94.